The Bertz CT molecular complexity index is 313. The van der Waals surface area contributed by atoms with Crippen LogP contribution >= 0.6 is 0 Å². The first-order valence-electron chi connectivity index (χ1n) is 9.76. The quantitative estimate of drug-likeness (QED) is 0.567. The Balaban J connectivity index is 1.91. The van der Waals surface area contributed by atoms with Crippen LogP contribution in [-0.2, 0) is 9.47 Å². The standard InChI is InChI=1S/C20H42N2O2/c1-19(2,3)17-22-11-9-21(10-12-22)13-16-23-14-7-8-15-24-18-20(4,5)6/h7-18H2,1-6H3. The number of rotatable bonds is 10. The van der Waals surface area contributed by atoms with Gasteiger partial charge in [0.2, 0.25) is 0 Å². The van der Waals surface area contributed by atoms with Crippen LogP contribution in [0.5, 0.6) is 0 Å². The fourth-order valence-electron chi connectivity index (χ4n) is 2.92. The Kier molecular flexibility index (Phi) is 9.80. The zero-order valence-electron chi connectivity index (χ0n) is 17.2. The highest BCUT2D eigenvalue weighted by Crippen LogP contribution is 2.16. The second-order valence-corrected chi connectivity index (χ2v) is 9.61. The topological polar surface area (TPSA) is 24.9 Å². The number of ether oxygens (including phenoxy) is 2. The predicted molar refractivity (Wildman–Crippen MR) is 103 cm³/mol. The molecule has 0 unspecified atom stereocenters. The van der Waals surface area contributed by atoms with E-state index < -0.39 is 0 Å². The average Bonchev–Trinajstić information content (AvgIpc) is 2.44. The highest BCUT2D eigenvalue weighted by Gasteiger charge is 2.21. The lowest BCUT2D eigenvalue weighted by molar-refractivity contribution is 0.0512. The molecule has 1 aliphatic heterocycles. The molecule has 0 amide bonds. The second kappa shape index (κ2) is 10.7. The minimum atomic E-state index is 0.271. The molecule has 144 valence electrons. The van der Waals surface area contributed by atoms with Gasteiger partial charge in [0.05, 0.1) is 13.2 Å². The maximum absolute atomic E-state index is 5.78. The first-order valence-corrected chi connectivity index (χ1v) is 9.76. The van der Waals surface area contributed by atoms with Crippen molar-refractivity contribution >= 4 is 0 Å². The van der Waals surface area contributed by atoms with Gasteiger partial charge in [0.15, 0.2) is 0 Å². The molecule has 0 radical (unpaired) electrons. The van der Waals surface area contributed by atoms with Crippen LogP contribution in [0.1, 0.15) is 54.4 Å². The van der Waals surface area contributed by atoms with Crippen molar-refractivity contribution in [1.29, 1.82) is 0 Å². The van der Waals surface area contributed by atoms with Crippen LogP contribution < -0.4 is 0 Å². The SMILES string of the molecule is CC(C)(C)COCCCCOCCN1CCN(CC(C)(C)C)CC1. The van der Waals surface area contributed by atoms with Gasteiger partial charge in [-0.2, -0.15) is 0 Å². The van der Waals surface area contributed by atoms with Gasteiger partial charge in [0.25, 0.3) is 0 Å². The number of hydrogen-bond acceptors (Lipinski definition) is 4. The second-order valence-electron chi connectivity index (χ2n) is 9.61. The lowest BCUT2D eigenvalue weighted by Gasteiger charge is -2.37. The molecule has 4 heteroatoms. The summed E-state index contributed by atoms with van der Waals surface area (Å²) in [5.74, 6) is 0. The molecule has 0 aromatic rings. The van der Waals surface area contributed by atoms with E-state index in [0.29, 0.717) is 5.41 Å². The molecular weight excluding hydrogens is 300 g/mol. The molecule has 1 rings (SSSR count). The molecule has 1 saturated heterocycles. The zero-order chi connectivity index (χ0) is 18.1. The third kappa shape index (κ3) is 12.2. The van der Waals surface area contributed by atoms with Crippen LogP contribution in [0.15, 0.2) is 0 Å². The third-order valence-electron chi connectivity index (χ3n) is 4.08. The van der Waals surface area contributed by atoms with Crippen LogP contribution in [0.2, 0.25) is 0 Å². The summed E-state index contributed by atoms with van der Waals surface area (Å²) in [7, 11) is 0. The summed E-state index contributed by atoms with van der Waals surface area (Å²) in [6.07, 6.45) is 2.20. The average molecular weight is 343 g/mol. The van der Waals surface area contributed by atoms with Crippen molar-refractivity contribution in [3.05, 3.63) is 0 Å². The summed E-state index contributed by atoms with van der Waals surface area (Å²) in [6, 6.07) is 0. The normalized spacial score (nSPS) is 18.2. The Morgan fingerprint density at radius 2 is 1.21 bits per heavy atom. The van der Waals surface area contributed by atoms with Crippen LogP contribution in [0.3, 0.4) is 0 Å². The minimum absolute atomic E-state index is 0.271. The fourth-order valence-corrected chi connectivity index (χ4v) is 2.92. The zero-order valence-corrected chi connectivity index (χ0v) is 17.2. The lowest BCUT2D eigenvalue weighted by Crippen LogP contribution is -2.49. The Morgan fingerprint density at radius 3 is 1.75 bits per heavy atom. The third-order valence-corrected chi connectivity index (χ3v) is 4.08. The molecule has 1 heterocycles. The van der Waals surface area contributed by atoms with Crippen molar-refractivity contribution in [3.8, 4) is 0 Å². The summed E-state index contributed by atoms with van der Waals surface area (Å²) in [5, 5.41) is 0. The van der Waals surface area contributed by atoms with Gasteiger partial charge in [-0.3, -0.25) is 4.90 Å². The van der Waals surface area contributed by atoms with E-state index in [1.54, 1.807) is 0 Å². The highest BCUT2D eigenvalue weighted by atomic mass is 16.5. The van der Waals surface area contributed by atoms with E-state index in [-0.39, 0.29) is 5.41 Å². The minimum Gasteiger partial charge on any atom is -0.381 e. The summed E-state index contributed by atoms with van der Waals surface area (Å²) < 4.78 is 11.5. The van der Waals surface area contributed by atoms with Crippen molar-refractivity contribution in [1.82, 2.24) is 9.80 Å². The molecule has 4 nitrogen and oxygen atoms in total. The van der Waals surface area contributed by atoms with E-state index in [0.717, 1.165) is 45.8 Å². The van der Waals surface area contributed by atoms with Crippen molar-refractivity contribution < 1.29 is 9.47 Å². The fraction of sp³-hybridized carbons (Fsp3) is 1.00. The van der Waals surface area contributed by atoms with Crippen molar-refractivity contribution in [2.45, 2.75) is 54.4 Å². The summed E-state index contributed by atoms with van der Waals surface area (Å²) in [5.41, 5.74) is 0.676. The molecule has 0 N–H and O–H groups in total. The van der Waals surface area contributed by atoms with Crippen molar-refractivity contribution in [2.75, 3.05) is 65.7 Å². The first-order chi connectivity index (χ1) is 11.2. The van der Waals surface area contributed by atoms with Gasteiger partial charge in [-0.1, -0.05) is 41.5 Å². The molecule has 0 saturated carbocycles. The van der Waals surface area contributed by atoms with E-state index in [9.17, 15) is 0 Å². The molecule has 0 spiro atoms. The largest absolute Gasteiger partial charge is 0.381 e. The van der Waals surface area contributed by atoms with Gasteiger partial charge in [-0.05, 0) is 23.7 Å². The van der Waals surface area contributed by atoms with Crippen molar-refractivity contribution in [2.24, 2.45) is 10.8 Å². The number of nitrogens with zero attached hydrogens (tertiary/aromatic N) is 2. The highest BCUT2D eigenvalue weighted by molar-refractivity contribution is 4.76. The van der Waals surface area contributed by atoms with E-state index >= 15 is 0 Å². The summed E-state index contributed by atoms with van der Waals surface area (Å²) in [6.45, 7) is 24.0. The van der Waals surface area contributed by atoms with Crippen LogP contribution in [0.4, 0.5) is 0 Å². The van der Waals surface area contributed by atoms with Gasteiger partial charge < -0.3 is 14.4 Å². The maximum atomic E-state index is 5.78. The van der Waals surface area contributed by atoms with Crippen molar-refractivity contribution in [3.63, 3.8) is 0 Å². The smallest absolute Gasteiger partial charge is 0.0593 e. The van der Waals surface area contributed by atoms with Crippen LogP contribution in [0.25, 0.3) is 0 Å². The monoisotopic (exact) mass is 342 g/mol. The van der Waals surface area contributed by atoms with Gasteiger partial charge in [0, 0.05) is 52.5 Å². The molecule has 0 aromatic carbocycles. The van der Waals surface area contributed by atoms with Gasteiger partial charge >= 0.3 is 0 Å². The number of piperazine rings is 1. The lowest BCUT2D eigenvalue weighted by atomic mass is 9.96. The van der Waals surface area contributed by atoms with Gasteiger partial charge in [-0.15, -0.1) is 0 Å². The Morgan fingerprint density at radius 1 is 0.667 bits per heavy atom. The van der Waals surface area contributed by atoms with E-state index in [2.05, 4.69) is 51.3 Å². The van der Waals surface area contributed by atoms with E-state index in [1.807, 2.05) is 0 Å². The number of hydrogen-bond donors (Lipinski definition) is 0. The summed E-state index contributed by atoms with van der Waals surface area (Å²) in [4.78, 5) is 5.13. The van der Waals surface area contributed by atoms with Crippen LogP contribution in [0, 0.1) is 10.8 Å². The molecule has 24 heavy (non-hydrogen) atoms. The Hall–Kier alpha value is -0.160. The van der Waals surface area contributed by atoms with Gasteiger partial charge in [-0.25, -0.2) is 0 Å². The van der Waals surface area contributed by atoms with Crippen LogP contribution in [-0.4, -0.2) is 75.5 Å². The first kappa shape index (κ1) is 21.9. The molecule has 0 aliphatic carbocycles. The molecule has 1 fully saturated rings. The molecule has 0 bridgehead atoms. The maximum Gasteiger partial charge on any atom is 0.0593 e. The molecule has 1 aliphatic rings. The Labute approximate surface area is 150 Å². The van der Waals surface area contributed by atoms with E-state index in [4.69, 9.17) is 9.47 Å². The van der Waals surface area contributed by atoms with E-state index in [1.165, 1.54) is 32.7 Å². The van der Waals surface area contributed by atoms with Gasteiger partial charge in [0.1, 0.15) is 0 Å². The molecular formula is C20H42N2O2. The molecule has 0 atom stereocenters. The number of unbranched alkanes of at least 4 members (excludes halogenated alkanes) is 1. The summed E-state index contributed by atoms with van der Waals surface area (Å²) >= 11 is 0. The predicted octanol–water partition coefficient (Wildman–Crippen LogP) is 3.51. The molecule has 0 aromatic heterocycles.